The number of rotatable bonds is 9. The second-order valence-electron chi connectivity index (χ2n) is 10.1. The molecule has 2 aromatic carbocycles. The maximum atomic E-state index is 13.3. The molecule has 35 heavy (non-hydrogen) atoms. The van der Waals surface area contributed by atoms with Gasteiger partial charge in [0.2, 0.25) is 0 Å². The molecule has 0 aromatic heterocycles. The maximum absolute atomic E-state index is 13.3. The molecule has 2 aromatic rings. The monoisotopic (exact) mass is 479 g/mol. The van der Waals surface area contributed by atoms with E-state index in [0.29, 0.717) is 24.8 Å². The van der Waals surface area contributed by atoms with Crippen molar-refractivity contribution in [2.75, 3.05) is 13.2 Å². The fourth-order valence-electron chi connectivity index (χ4n) is 6.47. The van der Waals surface area contributed by atoms with Gasteiger partial charge in [0.05, 0.1) is 6.61 Å². The number of hydrogen-bond donors (Lipinski definition) is 1. The number of nitrogens with zero attached hydrogens (tertiary/aromatic N) is 1. The Morgan fingerprint density at radius 1 is 1.14 bits per heavy atom. The van der Waals surface area contributed by atoms with Gasteiger partial charge < -0.3 is 19.5 Å². The van der Waals surface area contributed by atoms with Crippen LogP contribution in [0.5, 0.6) is 11.5 Å². The highest BCUT2D eigenvalue weighted by Crippen LogP contribution is 2.54. The first kappa shape index (κ1) is 25.4. The normalized spacial score (nSPS) is 23.2. The minimum atomic E-state index is -0.246. The van der Waals surface area contributed by atoms with E-state index in [-0.39, 0.29) is 29.9 Å². The zero-order chi connectivity index (χ0) is 24.8. The molecule has 1 amide bonds. The number of phenols is 1. The molecule has 190 valence electrons. The zero-order valence-electron chi connectivity index (χ0n) is 21.6. The average molecular weight is 480 g/mol. The second-order valence-corrected chi connectivity index (χ2v) is 10.1. The van der Waals surface area contributed by atoms with Gasteiger partial charge in [-0.1, -0.05) is 63.4 Å². The van der Waals surface area contributed by atoms with Crippen LogP contribution < -0.4 is 4.74 Å². The summed E-state index contributed by atoms with van der Waals surface area (Å²) in [5.41, 5.74) is 3.44. The smallest absolute Gasteiger partial charge is 0.410 e. The van der Waals surface area contributed by atoms with Crippen LogP contribution >= 0.6 is 0 Å². The van der Waals surface area contributed by atoms with E-state index in [2.05, 4.69) is 19.9 Å². The predicted octanol–water partition coefficient (Wildman–Crippen LogP) is 6.99. The number of carbonyl (C=O) groups is 1. The highest BCUT2D eigenvalue weighted by atomic mass is 16.6. The van der Waals surface area contributed by atoms with Gasteiger partial charge in [0.15, 0.2) is 11.5 Å². The summed E-state index contributed by atoms with van der Waals surface area (Å²) < 4.78 is 11.8. The third-order valence-corrected chi connectivity index (χ3v) is 8.28. The van der Waals surface area contributed by atoms with Crippen LogP contribution in [0.1, 0.15) is 82.4 Å². The molecule has 4 rings (SSSR count). The predicted molar refractivity (Wildman–Crippen MR) is 139 cm³/mol. The Morgan fingerprint density at radius 3 is 2.66 bits per heavy atom. The Bertz CT molecular complexity index is 991. The Labute approximate surface area is 210 Å². The molecule has 1 fully saturated rings. The van der Waals surface area contributed by atoms with Gasteiger partial charge in [-0.25, -0.2) is 4.79 Å². The van der Waals surface area contributed by atoms with Gasteiger partial charge in [-0.15, -0.1) is 0 Å². The molecule has 5 nitrogen and oxygen atoms in total. The number of phenolic OH excluding ortho intramolecular Hbond substituents is 1. The first-order valence-electron chi connectivity index (χ1n) is 13.5. The molecule has 0 radical (unpaired) electrons. The lowest BCUT2D eigenvalue weighted by molar-refractivity contribution is 0.0287. The Hall–Kier alpha value is -2.69. The van der Waals surface area contributed by atoms with Crippen molar-refractivity contribution in [3.8, 4) is 11.5 Å². The molecule has 5 heteroatoms. The van der Waals surface area contributed by atoms with Crippen molar-refractivity contribution < 1.29 is 19.4 Å². The van der Waals surface area contributed by atoms with Crippen LogP contribution in [0.15, 0.2) is 42.5 Å². The molecular weight excluding hydrogens is 438 g/mol. The molecular formula is C30H41NO4. The number of carbonyl (C=O) groups excluding carboxylic acids is 1. The molecule has 0 saturated heterocycles. The third kappa shape index (κ3) is 5.14. The topological polar surface area (TPSA) is 59.0 Å². The van der Waals surface area contributed by atoms with E-state index >= 15 is 0 Å². The van der Waals surface area contributed by atoms with Crippen LogP contribution in [0.2, 0.25) is 0 Å². The van der Waals surface area contributed by atoms with E-state index in [1.165, 1.54) is 18.4 Å². The SMILES string of the molecule is CCCCOc1cc2c(cc1O)C[C@H](N(CC)C(=O)OCc1ccccc1)C1CCCC[C@@]21CC. The highest BCUT2D eigenvalue weighted by molar-refractivity contribution is 5.68. The average Bonchev–Trinajstić information content (AvgIpc) is 2.89. The maximum Gasteiger partial charge on any atom is 0.410 e. The van der Waals surface area contributed by atoms with Crippen molar-refractivity contribution in [3.05, 3.63) is 59.2 Å². The molecule has 1 unspecified atom stereocenters. The lowest BCUT2D eigenvalue weighted by Crippen LogP contribution is -2.56. The number of benzene rings is 2. The summed E-state index contributed by atoms with van der Waals surface area (Å²) in [6.07, 6.45) is 8.11. The van der Waals surface area contributed by atoms with Gasteiger partial charge in [-0.3, -0.25) is 0 Å². The summed E-state index contributed by atoms with van der Waals surface area (Å²) in [5.74, 6) is 1.17. The van der Waals surface area contributed by atoms with Crippen LogP contribution in [-0.2, 0) is 23.2 Å². The molecule has 0 bridgehead atoms. The summed E-state index contributed by atoms with van der Waals surface area (Å²) in [7, 11) is 0. The summed E-state index contributed by atoms with van der Waals surface area (Å²) >= 11 is 0. The van der Waals surface area contributed by atoms with Crippen LogP contribution in [-0.4, -0.2) is 35.3 Å². The van der Waals surface area contributed by atoms with E-state index < -0.39 is 0 Å². The quantitative estimate of drug-likeness (QED) is 0.394. The number of ether oxygens (including phenoxy) is 2. The fraction of sp³-hybridized carbons (Fsp3) is 0.567. The van der Waals surface area contributed by atoms with Crippen molar-refractivity contribution in [3.63, 3.8) is 0 Å². The third-order valence-electron chi connectivity index (χ3n) is 8.28. The van der Waals surface area contributed by atoms with Crippen molar-refractivity contribution in [2.24, 2.45) is 5.92 Å². The highest BCUT2D eigenvalue weighted by Gasteiger charge is 2.51. The standard InChI is InChI=1S/C30H41NO4/c1-4-7-17-34-28-20-25-23(19-27(28)32)18-26(24-15-11-12-16-30(24,25)5-2)31(6-3)29(33)35-21-22-13-9-8-10-14-22/h8-10,13-14,19-20,24,26,32H,4-7,11-12,15-18,21H2,1-3H3/t24?,26-,30+/m0/s1. The van der Waals surface area contributed by atoms with Crippen LogP contribution in [0.25, 0.3) is 0 Å². The fourth-order valence-corrected chi connectivity index (χ4v) is 6.47. The molecule has 2 aliphatic carbocycles. The van der Waals surface area contributed by atoms with Crippen molar-refractivity contribution in [1.29, 1.82) is 0 Å². The molecule has 0 spiro atoms. The van der Waals surface area contributed by atoms with E-state index in [1.54, 1.807) is 0 Å². The number of aromatic hydroxyl groups is 1. The molecule has 2 aliphatic rings. The van der Waals surface area contributed by atoms with Gasteiger partial charge in [0, 0.05) is 18.0 Å². The van der Waals surface area contributed by atoms with E-state index in [1.807, 2.05) is 48.2 Å². The zero-order valence-corrected chi connectivity index (χ0v) is 21.6. The van der Waals surface area contributed by atoms with Crippen LogP contribution in [0.3, 0.4) is 0 Å². The lowest BCUT2D eigenvalue weighted by Gasteiger charge is -2.54. The Balaban J connectivity index is 1.64. The second kappa shape index (κ2) is 11.4. The van der Waals surface area contributed by atoms with Crippen molar-refractivity contribution in [2.45, 2.75) is 90.2 Å². The Morgan fingerprint density at radius 2 is 1.94 bits per heavy atom. The molecule has 1 saturated carbocycles. The van der Waals surface area contributed by atoms with Crippen LogP contribution in [0.4, 0.5) is 4.79 Å². The number of unbranched alkanes of at least 4 members (excludes halogenated alkanes) is 1. The summed E-state index contributed by atoms with van der Waals surface area (Å²) in [5, 5.41) is 10.8. The number of hydrogen-bond acceptors (Lipinski definition) is 4. The minimum absolute atomic E-state index is 0.0137. The Kier molecular flexibility index (Phi) is 8.25. The van der Waals surface area contributed by atoms with Crippen molar-refractivity contribution >= 4 is 6.09 Å². The van der Waals surface area contributed by atoms with Gasteiger partial charge >= 0.3 is 6.09 Å². The first-order valence-corrected chi connectivity index (χ1v) is 13.5. The summed E-state index contributed by atoms with van der Waals surface area (Å²) in [4.78, 5) is 15.3. The van der Waals surface area contributed by atoms with E-state index in [9.17, 15) is 9.90 Å². The van der Waals surface area contributed by atoms with Gasteiger partial charge in [-0.05, 0) is 73.8 Å². The number of amides is 1. The lowest BCUT2D eigenvalue weighted by atomic mass is 9.54. The first-order chi connectivity index (χ1) is 17.0. The summed E-state index contributed by atoms with van der Waals surface area (Å²) in [6.45, 7) is 7.96. The van der Waals surface area contributed by atoms with Crippen LogP contribution in [0, 0.1) is 5.92 Å². The number of fused-ring (bicyclic) bond motifs is 3. The van der Waals surface area contributed by atoms with Gasteiger partial charge in [0.1, 0.15) is 6.61 Å². The van der Waals surface area contributed by atoms with Crippen molar-refractivity contribution in [1.82, 2.24) is 4.90 Å². The van der Waals surface area contributed by atoms with Gasteiger partial charge in [0.25, 0.3) is 0 Å². The van der Waals surface area contributed by atoms with E-state index in [4.69, 9.17) is 9.47 Å². The van der Waals surface area contributed by atoms with Gasteiger partial charge in [-0.2, -0.15) is 0 Å². The summed E-state index contributed by atoms with van der Waals surface area (Å²) in [6, 6.07) is 13.9. The van der Waals surface area contributed by atoms with E-state index in [0.717, 1.165) is 49.7 Å². The number of likely N-dealkylation sites (N-methyl/N-ethyl adjacent to an activating group) is 1. The molecule has 3 atom stereocenters. The minimum Gasteiger partial charge on any atom is -0.504 e. The molecule has 0 aliphatic heterocycles. The largest absolute Gasteiger partial charge is 0.504 e. The molecule has 1 N–H and O–H groups in total. The molecule has 0 heterocycles.